The van der Waals surface area contributed by atoms with E-state index in [4.69, 9.17) is 5.73 Å². The van der Waals surface area contributed by atoms with Crippen LogP contribution in [0.1, 0.15) is 37.5 Å². The summed E-state index contributed by atoms with van der Waals surface area (Å²) < 4.78 is 27.1. The lowest BCUT2D eigenvalue weighted by molar-refractivity contribution is -0.121. The van der Waals surface area contributed by atoms with Crippen molar-refractivity contribution in [1.29, 1.82) is 0 Å². The van der Waals surface area contributed by atoms with Gasteiger partial charge in [-0.2, -0.15) is 4.31 Å². The van der Waals surface area contributed by atoms with Crippen LogP contribution in [0.2, 0.25) is 0 Å². The number of rotatable bonds is 7. The first kappa shape index (κ1) is 18.4. The van der Waals surface area contributed by atoms with Crippen LogP contribution in [-0.4, -0.2) is 44.3 Å². The molecule has 2 rings (SSSR count). The summed E-state index contributed by atoms with van der Waals surface area (Å²) in [5, 5.41) is 2.80. The predicted molar refractivity (Wildman–Crippen MR) is 91.9 cm³/mol. The number of nitrogens with one attached hydrogen (secondary N) is 1. The lowest BCUT2D eigenvalue weighted by Crippen LogP contribution is -2.35. The number of hydrogen-bond donors (Lipinski definition) is 2. The topological polar surface area (TPSA) is 92.5 Å². The van der Waals surface area contributed by atoms with Crippen molar-refractivity contribution in [2.24, 2.45) is 5.73 Å². The van der Waals surface area contributed by atoms with Gasteiger partial charge >= 0.3 is 0 Å². The van der Waals surface area contributed by atoms with Crippen LogP contribution >= 0.6 is 11.3 Å². The monoisotopic (exact) mass is 359 g/mol. The number of carbonyl (C=O) groups is 1. The molecule has 1 unspecified atom stereocenters. The van der Waals surface area contributed by atoms with E-state index in [1.54, 1.807) is 17.3 Å². The molecule has 23 heavy (non-hydrogen) atoms. The zero-order chi connectivity index (χ0) is 16.9. The number of nitrogens with two attached hydrogens (primary N) is 1. The second-order valence-corrected chi connectivity index (χ2v) is 9.30. The van der Waals surface area contributed by atoms with Crippen molar-refractivity contribution in [3.63, 3.8) is 0 Å². The first-order valence-corrected chi connectivity index (χ1v) is 10.3. The zero-order valence-electron chi connectivity index (χ0n) is 13.5. The molecule has 1 aromatic rings. The van der Waals surface area contributed by atoms with Gasteiger partial charge in [-0.1, -0.05) is 6.42 Å². The van der Waals surface area contributed by atoms with Crippen molar-refractivity contribution in [1.82, 2.24) is 9.62 Å². The van der Waals surface area contributed by atoms with E-state index in [-0.39, 0.29) is 11.9 Å². The quantitative estimate of drug-likeness (QED) is 0.768. The number of carbonyl (C=O) groups excluding carboxylic acids is 1. The summed E-state index contributed by atoms with van der Waals surface area (Å²) in [7, 11) is -3.35. The van der Waals surface area contributed by atoms with E-state index >= 15 is 0 Å². The second kappa shape index (κ2) is 8.23. The molecule has 1 saturated heterocycles. The molecular weight excluding hydrogens is 334 g/mol. The normalized spacial score (nSPS) is 17.8. The average molecular weight is 360 g/mol. The molecule has 1 aromatic heterocycles. The van der Waals surface area contributed by atoms with E-state index in [0.717, 1.165) is 24.1 Å². The predicted octanol–water partition coefficient (Wildman–Crippen LogP) is 1.32. The Kier molecular flexibility index (Phi) is 6.58. The fourth-order valence-corrected chi connectivity index (χ4v) is 5.58. The minimum absolute atomic E-state index is 0.0716. The first-order chi connectivity index (χ1) is 10.9. The minimum atomic E-state index is -3.35. The molecule has 0 aromatic carbocycles. The third-order valence-corrected chi connectivity index (χ3v) is 7.26. The molecule has 6 nitrogen and oxygen atoms in total. The maximum Gasteiger partial charge on any atom is 0.252 e. The van der Waals surface area contributed by atoms with Gasteiger partial charge in [0.25, 0.3) is 10.0 Å². The molecule has 8 heteroatoms. The molecule has 130 valence electrons. The van der Waals surface area contributed by atoms with Crippen LogP contribution in [0.25, 0.3) is 0 Å². The van der Waals surface area contributed by atoms with E-state index in [1.807, 2.05) is 6.07 Å². The van der Waals surface area contributed by atoms with Gasteiger partial charge in [0.2, 0.25) is 5.91 Å². The Balaban J connectivity index is 1.88. The van der Waals surface area contributed by atoms with Gasteiger partial charge in [0, 0.05) is 37.0 Å². The molecule has 0 radical (unpaired) electrons. The SMILES string of the molecule is CC(N)CC(=O)NCCc1ccc(S(=O)(=O)N2CCCCC2)s1. The minimum Gasteiger partial charge on any atom is -0.356 e. The standard InChI is InChI=1S/C15H25N3O3S2/c1-12(16)11-14(19)17-8-7-13-5-6-15(22-13)23(20,21)18-9-3-2-4-10-18/h5-6,12H,2-4,7-11,16H2,1H3,(H,17,19). The molecule has 1 atom stereocenters. The lowest BCUT2D eigenvalue weighted by Gasteiger charge is -2.25. The third kappa shape index (κ3) is 5.27. The highest BCUT2D eigenvalue weighted by atomic mass is 32.2. The smallest absolute Gasteiger partial charge is 0.252 e. The second-order valence-electron chi connectivity index (χ2n) is 5.97. The van der Waals surface area contributed by atoms with E-state index in [9.17, 15) is 13.2 Å². The van der Waals surface area contributed by atoms with Crippen molar-refractivity contribution >= 4 is 27.3 Å². The molecule has 1 aliphatic rings. The molecule has 1 amide bonds. The molecule has 2 heterocycles. The largest absolute Gasteiger partial charge is 0.356 e. The number of hydrogen-bond acceptors (Lipinski definition) is 5. The highest BCUT2D eigenvalue weighted by Crippen LogP contribution is 2.27. The molecule has 1 fully saturated rings. The summed E-state index contributed by atoms with van der Waals surface area (Å²) in [5.41, 5.74) is 5.57. The molecule has 0 saturated carbocycles. The van der Waals surface area contributed by atoms with Gasteiger partial charge in [0.15, 0.2) is 0 Å². The molecule has 0 bridgehead atoms. The van der Waals surface area contributed by atoms with Gasteiger partial charge in [-0.15, -0.1) is 11.3 Å². The number of thiophene rings is 1. The van der Waals surface area contributed by atoms with Crippen LogP contribution in [0.5, 0.6) is 0 Å². The van der Waals surface area contributed by atoms with Crippen molar-refractivity contribution < 1.29 is 13.2 Å². The maximum absolute atomic E-state index is 12.6. The Morgan fingerprint density at radius 3 is 2.70 bits per heavy atom. The van der Waals surface area contributed by atoms with Crippen LogP contribution in [0.4, 0.5) is 0 Å². The van der Waals surface area contributed by atoms with Crippen LogP contribution in [0, 0.1) is 0 Å². The van der Waals surface area contributed by atoms with Gasteiger partial charge < -0.3 is 11.1 Å². The van der Waals surface area contributed by atoms with Gasteiger partial charge in [-0.3, -0.25) is 4.79 Å². The van der Waals surface area contributed by atoms with E-state index in [0.29, 0.717) is 36.7 Å². The van der Waals surface area contributed by atoms with Gasteiger partial charge in [-0.25, -0.2) is 8.42 Å². The van der Waals surface area contributed by atoms with Crippen molar-refractivity contribution in [2.45, 2.75) is 49.3 Å². The average Bonchev–Trinajstić information content (AvgIpc) is 2.97. The van der Waals surface area contributed by atoms with Crippen LogP contribution < -0.4 is 11.1 Å². The highest BCUT2D eigenvalue weighted by molar-refractivity contribution is 7.91. The summed E-state index contributed by atoms with van der Waals surface area (Å²) in [5.74, 6) is -0.0716. The lowest BCUT2D eigenvalue weighted by atomic mass is 10.2. The van der Waals surface area contributed by atoms with Crippen molar-refractivity contribution in [3.05, 3.63) is 17.0 Å². The van der Waals surface area contributed by atoms with Gasteiger partial charge in [-0.05, 0) is 38.3 Å². The van der Waals surface area contributed by atoms with E-state index in [1.165, 1.54) is 11.3 Å². The van der Waals surface area contributed by atoms with Crippen molar-refractivity contribution in [2.75, 3.05) is 19.6 Å². The summed E-state index contributed by atoms with van der Waals surface area (Å²) in [6, 6.07) is 3.35. The molecule has 0 spiro atoms. The Bertz CT molecular complexity index is 620. The van der Waals surface area contributed by atoms with Gasteiger partial charge in [0.05, 0.1) is 0 Å². The Labute approximate surface area is 142 Å². The van der Waals surface area contributed by atoms with Crippen LogP contribution in [0.15, 0.2) is 16.3 Å². The highest BCUT2D eigenvalue weighted by Gasteiger charge is 2.27. The summed E-state index contributed by atoms with van der Waals surface area (Å²) >= 11 is 1.29. The van der Waals surface area contributed by atoms with Crippen molar-refractivity contribution in [3.8, 4) is 0 Å². The van der Waals surface area contributed by atoms with E-state index in [2.05, 4.69) is 5.32 Å². The van der Waals surface area contributed by atoms with Crippen LogP contribution in [0.3, 0.4) is 0 Å². The number of amides is 1. The van der Waals surface area contributed by atoms with E-state index < -0.39 is 10.0 Å². The molecule has 3 N–H and O–H groups in total. The first-order valence-electron chi connectivity index (χ1n) is 8.01. The van der Waals surface area contributed by atoms with Gasteiger partial charge in [0.1, 0.15) is 4.21 Å². The Morgan fingerprint density at radius 2 is 2.04 bits per heavy atom. The molecule has 0 aliphatic carbocycles. The fourth-order valence-electron chi connectivity index (χ4n) is 2.55. The summed E-state index contributed by atoms with van der Waals surface area (Å²) in [4.78, 5) is 12.5. The Morgan fingerprint density at radius 1 is 1.35 bits per heavy atom. The molecular formula is C15H25N3O3S2. The molecule has 1 aliphatic heterocycles. The third-order valence-electron chi connectivity index (χ3n) is 3.75. The number of piperidine rings is 1. The summed E-state index contributed by atoms with van der Waals surface area (Å²) in [6.07, 6.45) is 3.90. The number of sulfonamides is 1. The Hall–Kier alpha value is -0.960. The van der Waals surface area contributed by atoms with Crippen LogP contribution in [-0.2, 0) is 21.2 Å². The summed E-state index contributed by atoms with van der Waals surface area (Å²) in [6.45, 7) is 3.51. The fraction of sp³-hybridized carbons (Fsp3) is 0.667. The zero-order valence-corrected chi connectivity index (χ0v) is 15.1. The number of nitrogens with zero attached hydrogens (tertiary/aromatic N) is 1. The maximum atomic E-state index is 12.6.